The minimum absolute atomic E-state index is 0. The molecule has 0 unspecified atom stereocenters. The summed E-state index contributed by atoms with van der Waals surface area (Å²) < 4.78 is 4.06. The van der Waals surface area contributed by atoms with Gasteiger partial charge in [0.2, 0.25) is 4.38 Å². The Kier molecular flexibility index (Phi) is 10.7. The predicted molar refractivity (Wildman–Crippen MR) is 45.0 cm³/mol. The first kappa shape index (κ1) is 12.4. The van der Waals surface area contributed by atoms with Gasteiger partial charge in [-0.1, -0.05) is 12.6 Å². The number of hydrogen-bond donors (Lipinski definition) is 2. The molecule has 1 N–H and O–H groups in total. The van der Waals surface area contributed by atoms with Crippen molar-refractivity contribution in [3.05, 3.63) is 0 Å². The van der Waals surface area contributed by atoms with Gasteiger partial charge in [0.05, 0.1) is 0 Å². The molecule has 0 rings (SSSR count). The molecule has 0 amide bonds. The maximum absolute atomic E-state index is 8.10. The Morgan fingerprint density at radius 2 is 1.88 bits per heavy atom. The molecule has 0 aliphatic heterocycles. The Morgan fingerprint density at radius 3 is 1.88 bits per heavy atom. The van der Waals surface area contributed by atoms with Crippen molar-refractivity contribution in [3.8, 4) is 0 Å². The molecule has 0 saturated carbocycles. The summed E-state index contributed by atoms with van der Waals surface area (Å²) in [5, 5.41) is 7.50. The SMILES string of the molecule is OC(=S)OC(=S)S.[KH]. The number of rotatable bonds is 0. The molecular weight excluding hydrogens is 191 g/mol. The van der Waals surface area contributed by atoms with Gasteiger partial charge in [-0.2, -0.15) is 0 Å². The molecule has 0 bridgehead atoms. The van der Waals surface area contributed by atoms with Gasteiger partial charge in [-0.25, -0.2) is 0 Å². The average Bonchev–Trinajstić information content (AvgIpc) is 1.27. The van der Waals surface area contributed by atoms with E-state index < -0.39 is 5.24 Å². The number of thiocarbonyl (C=S) groups is 2. The number of thiol groups is 1. The van der Waals surface area contributed by atoms with Gasteiger partial charge < -0.3 is 9.84 Å². The number of hydrogen-bond acceptors (Lipinski definition) is 3. The molecule has 0 heterocycles. The van der Waals surface area contributed by atoms with E-state index in [1.165, 1.54) is 0 Å². The van der Waals surface area contributed by atoms with Gasteiger partial charge in [0.15, 0.2) is 0 Å². The minimum atomic E-state index is -0.597. The molecule has 0 spiro atoms. The molecule has 0 aromatic carbocycles. The summed E-state index contributed by atoms with van der Waals surface area (Å²) in [6.07, 6.45) is 0. The van der Waals surface area contributed by atoms with Crippen molar-refractivity contribution in [2.45, 2.75) is 0 Å². The Balaban J connectivity index is 0. The van der Waals surface area contributed by atoms with Crippen LogP contribution in [0.2, 0.25) is 0 Å². The van der Waals surface area contributed by atoms with E-state index in [1.54, 1.807) is 0 Å². The number of aliphatic hydroxyl groups is 1. The van der Waals surface area contributed by atoms with Crippen molar-refractivity contribution < 1.29 is 9.84 Å². The number of aliphatic hydroxyl groups excluding tert-OH is 1. The van der Waals surface area contributed by atoms with Gasteiger partial charge in [-0.3, -0.25) is 0 Å². The van der Waals surface area contributed by atoms with Crippen LogP contribution in [0.4, 0.5) is 0 Å². The van der Waals surface area contributed by atoms with E-state index in [-0.39, 0.29) is 55.8 Å². The van der Waals surface area contributed by atoms with E-state index in [1.807, 2.05) is 0 Å². The van der Waals surface area contributed by atoms with Crippen molar-refractivity contribution in [1.82, 2.24) is 0 Å². The third kappa shape index (κ3) is 10.7. The molecule has 0 atom stereocenters. The van der Waals surface area contributed by atoms with Gasteiger partial charge in [0.25, 0.3) is 0 Å². The van der Waals surface area contributed by atoms with E-state index >= 15 is 0 Å². The maximum atomic E-state index is 8.10. The van der Waals surface area contributed by atoms with Crippen LogP contribution in [0.15, 0.2) is 0 Å². The van der Waals surface area contributed by atoms with Crippen molar-refractivity contribution >= 4 is 98.1 Å². The summed E-state index contributed by atoms with van der Waals surface area (Å²) in [7, 11) is 0. The van der Waals surface area contributed by atoms with Crippen LogP contribution in [-0.2, 0) is 4.74 Å². The second-order valence-corrected chi connectivity index (χ2v) is 2.06. The monoisotopic (exact) mass is 194 g/mol. The summed E-state index contributed by atoms with van der Waals surface area (Å²) in [4.78, 5) is 0. The molecule has 6 heteroatoms. The van der Waals surface area contributed by atoms with Crippen molar-refractivity contribution in [2.24, 2.45) is 0 Å². The summed E-state index contributed by atoms with van der Waals surface area (Å²) in [6, 6.07) is 0. The van der Waals surface area contributed by atoms with Gasteiger partial charge in [0.1, 0.15) is 0 Å². The van der Waals surface area contributed by atoms with E-state index in [9.17, 15) is 0 Å². The second kappa shape index (κ2) is 6.88. The Bertz CT molecular complexity index is 91.5. The molecule has 0 aromatic rings. The third-order valence-electron chi connectivity index (χ3n) is 0.175. The van der Waals surface area contributed by atoms with Crippen LogP contribution in [0.1, 0.15) is 0 Å². The van der Waals surface area contributed by atoms with Crippen molar-refractivity contribution in [1.29, 1.82) is 0 Å². The first-order chi connectivity index (χ1) is 3.13. The summed E-state index contributed by atoms with van der Waals surface area (Å²) in [5.41, 5.74) is 0. The fourth-order valence-electron chi connectivity index (χ4n) is 0.0747. The molecule has 0 fully saturated rings. The zero-order valence-electron chi connectivity index (χ0n) is 3.12. The fraction of sp³-hybridized carbons (Fsp3) is 0. The quantitative estimate of drug-likeness (QED) is 0.332. The predicted octanol–water partition coefficient (Wildman–Crippen LogP) is 0.412. The molecule has 0 aliphatic rings. The summed E-state index contributed by atoms with van der Waals surface area (Å²) in [6.45, 7) is 0. The van der Waals surface area contributed by atoms with E-state index in [2.05, 4.69) is 41.8 Å². The fourth-order valence-corrected chi connectivity index (χ4v) is 0.438. The first-order valence-corrected chi connectivity index (χ1v) is 2.53. The molecule has 0 aliphatic carbocycles. The van der Waals surface area contributed by atoms with Gasteiger partial charge in [-0.15, -0.1) is 0 Å². The van der Waals surface area contributed by atoms with Gasteiger partial charge in [-0.05, 0) is 12.2 Å². The van der Waals surface area contributed by atoms with Crippen LogP contribution < -0.4 is 0 Å². The molecular formula is C2H3KO2S3. The van der Waals surface area contributed by atoms with Crippen LogP contribution >= 0.6 is 37.1 Å². The molecule has 0 aromatic heterocycles. The molecule has 8 heavy (non-hydrogen) atoms. The van der Waals surface area contributed by atoms with E-state index in [4.69, 9.17) is 5.11 Å². The molecule has 0 saturated heterocycles. The Labute approximate surface area is 106 Å². The van der Waals surface area contributed by atoms with Gasteiger partial charge >= 0.3 is 56.6 Å². The first-order valence-electron chi connectivity index (χ1n) is 1.26. The standard InChI is InChI=1S/C2H2O2S3.K.H/c3-1(5)4-2(6)7;;/h(H,3,5)(H,6,7);;. The molecule has 2 nitrogen and oxygen atoms in total. The van der Waals surface area contributed by atoms with E-state index in [0.717, 1.165) is 0 Å². The summed E-state index contributed by atoms with van der Waals surface area (Å²) >= 11 is 11.8. The molecule has 42 valence electrons. The third-order valence-corrected chi connectivity index (χ3v) is 0.433. The van der Waals surface area contributed by atoms with E-state index in [0.29, 0.717) is 0 Å². The topological polar surface area (TPSA) is 29.5 Å². The van der Waals surface area contributed by atoms with Crippen LogP contribution in [0, 0.1) is 0 Å². The average molecular weight is 194 g/mol. The number of ether oxygens (including phenoxy) is 1. The van der Waals surface area contributed by atoms with Crippen LogP contribution in [0.5, 0.6) is 0 Å². The van der Waals surface area contributed by atoms with Crippen molar-refractivity contribution in [2.75, 3.05) is 0 Å². The van der Waals surface area contributed by atoms with Crippen molar-refractivity contribution in [3.63, 3.8) is 0 Å². The second-order valence-electron chi connectivity index (χ2n) is 0.634. The zero-order chi connectivity index (χ0) is 5.86. The van der Waals surface area contributed by atoms with Gasteiger partial charge in [0, 0.05) is 12.2 Å². The Hall–Kier alpha value is 1.77. The summed E-state index contributed by atoms with van der Waals surface area (Å²) in [5.74, 6) is 0. The molecule has 0 radical (unpaired) electrons. The zero-order valence-corrected chi connectivity index (χ0v) is 5.65. The normalized spacial score (nSPS) is 6.62. The Morgan fingerprint density at radius 1 is 1.50 bits per heavy atom. The van der Waals surface area contributed by atoms with Crippen LogP contribution in [0.25, 0.3) is 0 Å². The van der Waals surface area contributed by atoms with Crippen LogP contribution in [0.3, 0.4) is 0 Å². The van der Waals surface area contributed by atoms with Crippen LogP contribution in [-0.4, -0.2) is 66.1 Å².